The number of hydrogen-bond donors (Lipinski definition) is 0. The van der Waals surface area contributed by atoms with Crippen LogP contribution in [0, 0.1) is 6.92 Å². The Morgan fingerprint density at radius 1 is 1.23 bits per heavy atom. The van der Waals surface area contributed by atoms with Crippen LogP contribution in [0.2, 0.25) is 0 Å². The van der Waals surface area contributed by atoms with Crippen LogP contribution < -0.4 is 14.2 Å². The van der Waals surface area contributed by atoms with Crippen molar-refractivity contribution in [1.82, 2.24) is 4.90 Å². The van der Waals surface area contributed by atoms with Crippen LogP contribution in [0.25, 0.3) is 6.08 Å². The van der Waals surface area contributed by atoms with Crippen LogP contribution in [0.5, 0.6) is 17.2 Å². The number of nitrogens with zero attached hydrogens (tertiary/aromatic N) is 1. The van der Waals surface area contributed by atoms with E-state index in [0.29, 0.717) is 36.9 Å². The maximum atomic E-state index is 13.1. The van der Waals surface area contributed by atoms with Crippen LogP contribution >= 0.6 is 15.9 Å². The van der Waals surface area contributed by atoms with Crippen LogP contribution in [-0.4, -0.2) is 24.5 Å². The van der Waals surface area contributed by atoms with E-state index in [1.54, 1.807) is 19.4 Å². The molecular formula is C24H20BrNO5. The Kier molecular flexibility index (Phi) is 5.08. The van der Waals surface area contributed by atoms with Gasteiger partial charge in [0, 0.05) is 27.7 Å². The van der Waals surface area contributed by atoms with Gasteiger partial charge in [0.05, 0.1) is 25.5 Å². The summed E-state index contributed by atoms with van der Waals surface area (Å²) in [6.07, 6.45) is 3.38. The van der Waals surface area contributed by atoms with Gasteiger partial charge >= 0.3 is 0 Å². The number of methoxy groups -OCH3 is 1. The molecule has 0 saturated carbocycles. The first-order chi connectivity index (χ1) is 15.0. The van der Waals surface area contributed by atoms with Crippen molar-refractivity contribution >= 4 is 27.8 Å². The average molecular weight is 482 g/mol. The molecule has 31 heavy (non-hydrogen) atoms. The van der Waals surface area contributed by atoms with E-state index >= 15 is 0 Å². The lowest BCUT2D eigenvalue weighted by Crippen LogP contribution is -2.31. The number of fused-ring (bicyclic) bond motifs is 2. The minimum atomic E-state index is -0.147. The summed E-state index contributed by atoms with van der Waals surface area (Å²) >= 11 is 3.46. The van der Waals surface area contributed by atoms with Crippen molar-refractivity contribution in [3.05, 3.63) is 80.9 Å². The summed E-state index contributed by atoms with van der Waals surface area (Å²) < 4.78 is 23.8. The predicted octanol–water partition coefficient (Wildman–Crippen LogP) is 5.33. The van der Waals surface area contributed by atoms with E-state index in [0.717, 1.165) is 32.7 Å². The number of halogens is 1. The van der Waals surface area contributed by atoms with Crippen LogP contribution in [0.1, 0.15) is 32.8 Å². The molecule has 7 heteroatoms. The number of rotatable bonds is 4. The molecule has 0 bridgehead atoms. The van der Waals surface area contributed by atoms with Gasteiger partial charge in [-0.1, -0.05) is 15.9 Å². The Morgan fingerprint density at radius 2 is 2.10 bits per heavy atom. The van der Waals surface area contributed by atoms with Crippen molar-refractivity contribution in [3.63, 3.8) is 0 Å². The van der Waals surface area contributed by atoms with Crippen molar-refractivity contribution in [1.29, 1.82) is 0 Å². The Labute approximate surface area is 188 Å². The van der Waals surface area contributed by atoms with Gasteiger partial charge in [-0.3, -0.25) is 9.69 Å². The second kappa shape index (κ2) is 7.90. The second-order valence-electron chi connectivity index (χ2n) is 7.53. The highest BCUT2D eigenvalue weighted by Gasteiger charge is 2.34. The van der Waals surface area contributed by atoms with Crippen molar-refractivity contribution in [3.8, 4) is 17.2 Å². The maximum absolute atomic E-state index is 13.1. The fourth-order valence-corrected chi connectivity index (χ4v) is 4.36. The van der Waals surface area contributed by atoms with Crippen LogP contribution in [0.15, 0.2) is 57.3 Å². The summed E-state index contributed by atoms with van der Waals surface area (Å²) in [5.74, 6) is 3.00. The predicted molar refractivity (Wildman–Crippen MR) is 118 cm³/mol. The largest absolute Gasteiger partial charge is 0.496 e. The third-order valence-electron chi connectivity index (χ3n) is 5.44. The smallest absolute Gasteiger partial charge is 0.231 e. The van der Waals surface area contributed by atoms with E-state index < -0.39 is 0 Å². The molecule has 3 heterocycles. The topological polar surface area (TPSA) is 61.1 Å². The summed E-state index contributed by atoms with van der Waals surface area (Å²) in [7, 11) is 1.60. The molecule has 158 valence electrons. The number of allylic oxidation sites excluding steroid dienone is 1. The van der Waals surface area contributed by atoms with Crippen molar-refractivity contribution in [2.75, 3.05) is 13.8 Å². The van der Waals surface area contributed by atoms with Gasteiger partial charge < -0.3 is 18.6 Å². The zero-order valence-electron chi connectivity index (χ0n) is 17.1. The lowest BCUT2D eigenvalue weighted by Gasteiger charge is -2.29. The normalized spacial score (nSPS) is 16.6. The van der Waals surface area contributed by atoms with Gasteiger partial charge in [-0.15, -0.1) is 0 Å². The molecule has 0 spiro atoms. The van der Waals surface area contributed by atoms with Gasteiger partial charge in [-0.05, 0) is 49.4 Å². The third-order valence-corrected chi connectivity index (χ3v) is 5.93. The first kappa shape index (κ1) is 19.9. The van der Waals surface area contributed by atoms with E-state index in [1.165, 1.54) is 0 Å². The molecule has 2 aliphatic heterocycles. The lowest BCUT2D eigenvalue weighted by atomic mass is 10.00. The van der Waals surface area contributed by atoms with E-state index in [-0.39, 0.29) is 11.5 Å². The number of furan rings is 1. The molecule has 1 aromatic heterocycles. The van der Waals surface area contributed by atoms with Gasteiger partial charge in [0.25, 0.3) is 0 Å². The van der Waals surface area contributed by atoms with Crippen molar-refractivity contribution < 1.29 is 23.4 Å². The molecule has 0 fully saturated rings. The number of ketones is 1. The Bertz CT molecular complexity index is 1200. The minimum Gasteiger partial charge on any atom is -0.496 e. The minimum absolute atomic E-state index is 0.147. The Morgan fingerprint density at radius 3 is 2.87 bits per heavy atom. The van der Waals surface area contributed by atoms with Crippen LogP contribution in [0.4, 0.5) is 0 Å². The highest BCUT2D eigenvalue weighted by Crippen LogP contribution is 2.43. The molecule has 0 unspecified atom stereocenters. The second-order valence-corrected chi connectivity index (χ2v) is 8.45. The average Bonchev–Trinajstić information content (AvgIpc) is 3.37. The lowest BCUT2D eigenvalue weighted by molar-refractivity contribution is 0.0813. The zero-order chi connectivity index (χ0) is 21.5. The van der Waals surface area contributed by atoms with E-state index in [9.17, 15) is 4.79 Å². The summed E-state index contributed by atoms with van der Waals surface area (Å²) in [6, 6.07) is 11.3. The van der Waals surface area contributed by atoms with E-state index in [2.05, 4.69) is 20.8 Å². The number of carbonyl (C=O) groups is 1. The molecule has 0 aliphatic carbocycles. The molecule has 0 N–H and O–H groups in total. The van der Waals surface area contributed by atoms with Gasteiger partial charge in [0.15, 0.2) is 5.76 Å². The summed E-state index contributed by atoms with van der Waals surface area (Å²) in [6.45, 7) is 3.67. The Hall–Kier alpha value is -3.03. The Balaban J connectivity index is 1.46. The van der Waals surface area contributed by atoms with Gasteiger partial charge in [0.1, 0.15) is 29.7 Å². The van der Waals surface area contributed by atoms with E-state index in [1.807, 2.05) is 43.3 Å². The van der Waals surface area contributed by atoms with Crippen LogP contribution in [0.3, 0.4) is 0 Å². The van der Waals surface area contributed by atoms with Crippen LogP contribution in [-0.2, 0) is 13.1 Å². The fraction of sp³-hybridized carbons (Fsp3) is 0.208. The zero-order valence-corrected chi connectivity index (χ0v) is 18.7. The number of benzene rings is 2. The van der Waals surface area contributed by atoms with Gasteiger partial charge in [-0.2, -0.15) is 0 Å². The molecule has 0 radical (unpaired) electrons. The molecule has 0 atom stereocenters. The summed E-state index contributed by atoms with van der Waals surface area (Å²) in [4.78, 5) is 15.3. The van der Waals surface area contributed by atoms with Gasteiger partial charge in [-0.25, -0.2) is 0 Å². The number of Topliss-reactive ketones (excluding diaryl/α,β-unsaturated/α-hetero) is 1. The molecule has 2 aliphatic rings. The molecule has 0 amide bonds. The fourth-order valence-electron chi connectivity index (χ4n) is 3.98. The van der Waals surface area contributed by atoms with Crippen molar-refractivity contribution in [2.24, 2.45) is 0 Å². The quantitative estimate of drug-likeness (QED) is 0.469. The molecule has 6 nitrogen and oxygen atoms in total. The molecule has 0 saturated heterocycles. The highest BCUT2D eigenvalue weighted by atomic mass is 79.9. The SMILES string of the molecule is COc1ccc(Br)cc1/C=C1\Oc2c(cc3c(c2C)OCN(Cc2ccco2)C3)C1=O. The third kappa shape index (κ3) is 3.64. The first-order valence-electron chi connectivity index (χ1n) is 9.85. The first-order valence-corrected chi connectivity index (χ1v) is 10.6. The maximum Gasteiger partial charge on any atom is 0.231 e. The molecule has 3 aromatic rings. The molecular weight excluding hydrogens is 462 g/mol. The number of hydrogen-bond acceptors (Lipinski definition) is 6. The number of carbonyl (C=O) groups excluding carboxylic acids is 1. The highest BCUT2D eigenvalue weighted by molar-refractivity contribution is 9.10. The van der Waals surface area contributed by atoms with Crippen molar-refractivity contribution in [2.45, 2.75) is 20.0 Å². The van der Waals surface area contributed by atoms with E-state index in [4.69, 9.17) is 18.6 Å². The van der Waals surface area contributed by atoms with Gasteiger partial charge in [0.2, 0.25) is 5.78 Å². The standard InChI is InChI=1S/C24H20BrNO5/c1-14-23-16(11-26(13-30-23)12-18-4-3-7-29-18)9-19-22(27)21(31-24(14)19)10-15-8-17(25)5-6-20(15)28-2/h3-10H,11-13H2,1-2H3/b21-10-. The monoisotopic (exact) mass is 481 g/mol. The molecule has 5 rings (SSSR count). The number of ether oxygens (including phenoxy) is 3. The molecule has 2 aromatic carbocycles. The summed E-state index contributed by atoms with van der Waals surface area (Å²) in [5, 5.41) is 0. The summed E-state index contributed by atoms with van der Waals surface area (Å²) in [5.41, 5.74) is 3.12.